The zero-order chi connectivity index (χ0) is 26.1. The van der Waals surface area contributed by atoms with Gasteiger partial charge in [-0.05, 0) is 24.0 Å². The molecule has 3 amide bonds. The number of amides is 3. The van der Waals surface area contributed by atoms with Crippen LogP contribution in [0.25, 0.3) is 10.9 Å². The number of H-pyrrole nitrogens is 1. The highest BCUT2D eigenvalue weighted by Gasteiger charge is 2.30. The molecular weight excluding hydrogens is 474 g/mol. The number of carbonyl (C=O) groups is 4. The third kappa shape index (κ3) is 7.98. The molecule has 1 aromatic heterocycles. The van der Waals surface area contributed by atoms with Gasteiger partial charge in [-0.15, -0.1) is 0 Å². The van der Waals surface area contributed by atoms with Crippen molar-refractivity contribution in [2.45, 2.75) is 50.9 Å². The van der Waals surface area contributed by atoms with E-state index < -0.39 is 54.5 Å². The summed E-state index contributed by atoms with van der Waals surface area (Å²) in [4.78, 5) is 52.4. The molecule has 1 heterocycles. The lowest BCUT2D eigenvalue weighted by molar-refractivity contribution is -0.142. The number of carbonyl (C=O) groups excluding carboxylic acids is 3. The van der Waals surface area contributed by atoms with E-state index >= 15 is 0 Å². The maximum Gasteiger partial charge on any atom is 0.326 e. The van der Waals surface area contributed by atoms with E-state index in [9.17, 15) is 29.4 Å². The van der Waals surface area contributed by atoms with Crippen molar-refractivity contribution >= 4 is 47.2 Å². The van der Waals surface area contributed by atoms with Gasteiger partial charge in [-0.1, -0.05) is 32.0 Å². The second-order valence-corrected chi connectivity index (χ2v) is 9.05. The van der Waals surface area contributed by atoms with Crippen LogP contribution in [0.15, 0.2) is 30.5 Å². The van der Waals surface area contributed by atoms with Crippen molar-refractivity contribution in [1.29, 1.82) is 0 Å². The smallest absolute Gasteiger partial charge is 0.326 e. The summed E-state index contributed by atoms with van der Waals surface area (Å²) in [5.74, 6) is -3.43. The van der Waals surface area contributed by atoms with Gasteiger partial charge in [0.15, 0.2) is 0 Å². The Bertz CT molecular complexity index is 1040. The Kier molecular flexibility index (Phi) is 10.6. The van der Waals surface area contributed by atoms with Crippen molar-refractivity contribution in [3.8, 4) is 0 Å². The van der Waals surface area contributed by atoms with Gasteiger partial charge in [0.1, 0.15) is 18.1 Å². The number of para-hydroxylation sites is 1. The molecule has 2 rings (SSSR count). The molecule has 4 atom stereocenters. The Hall–Kier alpha value is -3.09. The average molecular weight is 508 g/mol. The normalized spacial score (nSPS) is 14.7. The zero-order valence-corrected chi connectivity index (χ0v) is 20.5. The summed E-state index contributed by atoms with van der Waals surface area (Å²) >= 11 is 4.08. The molecule has 2 aromatic rings. The zero-order valence-electron chi connectivity index (χ0n) is 19.7. The van der Waals surface area contributed by atoms with E-state index in [4.69, 9.17) is 5.73 Å². The number of carboxylic acids is 1. The SMILES string of the molecule is CC(C)CC(N)C(=O)NC(CO)C(=O)NC(CS)C(=O)NC(Cc1c[nH]c2ccccc12)C(=O)O. The molecular formula is C23H33N5O6S. The quantitative estimate of drug-likeness (QED) is 0.169. The summed E-state index contributed by atoms with van der Waals surface area (Å²) in [7, 11) is 0. The fourth-order valence-corrected chi connectivity index (χ4v) is 3.80. The highest BCUT2D eigenvalue weighted by Crippen LogP contribution is 2.19. The van der Waals surface area contributed by atoms with Gasteiger partial charge >= 0.3 is 5.97 Å². The number of benzene rings is 1. The molecule has 0 fully saturated rings. The predicted octanol–water partition coefficient (Wildman–Crippen LogP) is -0.455. The van der Waals surface area contributed by atoms with E-state index in [0.717, 1.165) is 10.9 Å². The summed E-state index contributed by atoms with van der Waals surface area (Å²) in [6.07, 6.45) is 2.09. The van der Waals surface area contributed by atoms with Crippen LogP contribution in [0, 0.1) is 5.92 Å². The fourth-order valence-electron chi connectivity index (χ4n) is 3.55. The Morgan fingerprint density at radius 3 is 2.20 bits per heavy atom. The number of aliphatic hydroxyl groups is 1. The number of nitrogens with two attached hydrogens (primary N) is 1. The number of nitrogens with one attached hydrogen (secondary N) is 4. The number of hydrogen-bond acceptors (Lipinski definition) is 7. The fraction of sp³-hybridized carbons (Fsp3) is 0.478. The van der Waals surface area contributed by atoms with Crippen molar-refractivity contribution < 1.29 is 29.4 Å². The Morgan fingerprint density at radius 1 is 1.00 bits per heavy atom. The number of thiol groups is 1. The summed E-state index contributed by atoms with van der Waals surface area (Å²) in [5.41, 5.74) is 7.36. The minimum absolute atomic E-state index is 0.0153. The number of aromatic amines is 1. The van der Waals surface area contributed by atoms with Gasteiger partial charge in [0.2, 0.25) is 17.7 Å². The van der Waals surface area contributed by atoms with E-state index in [1.807, 2.05) is 38.1 Å². The molecule has 0 saturated carbocycles. The second-order valence-electron chi connectivity index (χ2n) is 8.69. The third-order valence-corrected chi connectivity index (χ3v) is 5.77. The average Bonchev–Trinajstić information content (AvgIpc) is 3.22. The monoisotopic (exact) mass is 507 g/mol. The second kappa shape index (κ2) is 13.1. The van der Waals surface area contributed by atoms with Crippen LogP contribution in [0.5, 0.6) is 0 Å². The predicted molar refractivity (Wildman–Crippen MR) is 134 cm³/mol. The lowest BCUT2D eigenvalue weighted by Crippen LogP contribution is -2.58. The number of fused-ring (bicyclic) bond motifs is 1. The number of carboxylic acid groups (broad SMARTS) is 1. The van der Waals surface area contributed by atoms with Crippen LogP contribution in [0.4, 0.5) is 0 Å². The molecule has 0 bridgehead atoms. The summed E-state index contributed by atoms with van der Waals surface area (Å²) in [6.45, 7) is 3.07. The number of hydrogen-bond donors (Lipinski definition) is 8. The first kappa shape index (κ1) is 28.1. The minimum atomic E-state index is -1.34. The van der Waals surface area contributed by atoms with Gasteiger partial charge in [-0.25, -0.2) is 4.79 Å². The van der Waals surface area contributed by atoms with Gasteiger partial charge in [-0.3, -0.25) is 14.4 Å². The van der Waals surface area contributed by atoms with Crippen molar-refractivity contribution in [2.75, 3.05) is 12.4 Å². The summed E-state index contributed by atoms with van der Waals surface area (Å²) < 4.78 is 0. The number of aliphatic carboxylic acids is 1. The minimum Gasteiger partial charge on any atom is -0.480 e. The molecule has 0 aliphatic rings. The van der Waals surface area contributed by atoms with Crippen LogP contribution in [0.1, 0.15) is 25.8 Å². The molecule has 0 saturated heterocycles. The lowest BCUT2D eigenvalue weighted by Gasteiger charge is -2.23. The van der Waals surface area contributed by atoms with Gasteiger partial charge in [0.25, 0.3) is 0 Å². The van der Waals surface area contributed by atoms with Crippen LogP contribution < -0.4 is 21.7 Å². The first-order valence-corrected chi connectivity index (χ1v) is 11.9. The van der Waals surface area contributed by atoms with Crippen molar-refractivity contribution in [2.24, 2.45) is 11.7 Å². The van der Waals surface area contributed by atoms with E-state index in [-0.39, 0.29) is 18.1 Å². The van der Waals surface area contributed by atoms with Crippen LogP contribution in [-0.2, 0) is 25.6 Å². The summed E-state index contributed by atoms with van der Waals surface area (Å²) in [6, 6.07) is 2.71. The van der Waals surface area contributed by atoms with E-state index in [1.54, 1.807) is 6.20 Å². The molecule has 11 nitrogen and oxygen atoms in total. The Morgan fingerprint density at radius 2 is 1.60 bits per heavy atom. The van der Waals surface area contributed by atoms with Crippen LogP contribution in [0.3, 0.4) is 0 Å². The van der Waals surface area contributed by atoms with E-state index in [2.05, 4.69) is 33.6 Å². The van der Waals surface area contributed by atoms with Gasteiger partial charge in [0.05, 0.1) is 12.6 Å². The molecule has 192 valence electrons. The van der Waals surface area contributed by atoms with Crippen LogP contribution in [0.2, 0.25) is 0 Å². The van der Waals surface area contributed by atoms with E-state index in [1.165, 1.54) is 0 Å². The third-order valence-electron chi connectivity index (χ3n) is 5.41. The molecule has 4 unspecified atom stereocenters. The molecule has 12 heteroatoms. The molecule has 0 aliphatic heterocycles. The topological polar surface area (TPSA) is 187 Å². The molecule has 0 spiro atoms. The van der Waals surface area contributed by atoms with E-state index in [0.29, 0.717) is 12.0 Å². The largest absolute Gasteiger partial charge is 0.480 e. The highest BCUT2D eigenvalue weighted by atomic mass is 32.1. The Balaban J connectivity index is 2.03. The standard InChI is InChI=1S/C23H33N5O6S/c1-12(2)7-15(24)20(30)27-18(10-29)21(31)28-19(11-35)22(32)26-17(23(33)34)8-13-9-25-16-6-4-3-5-14(13)16/h3-6,9,12,15,17-19,25,29,35H,7-8,10-11,24H2,1-2H3,(H,26,32)(H,27,30)(H,28,31)(H,33,34). The highest BCUT2D eigenvalue weighted by molar-refractivity contribution is 7.80. The molecule has 1 aromatic carbocycles. The molecule has 8 N–H and O–H groups in total. The van der Waals surface area contributed by atoms with Crippen LogP contribution in [-0.4, -0.2) is 75.4 Å². The lowest BCUT2D eigenvalue weighted by atomic mass is 10.0. The first-order valence-electron chi connectivity index (χ1n) is 11.2. The van der Waals surface area contributed by atoms with Crippen molar-refractivity contribution in [1.82, 2.24) is 20.9 Å². The Labute approximate surface area is 208 Å². The molecule has 0 aliphatic carbocycles. The maximum atomic E-state index is 12.8. The van der Waals surface area contributed by atoms with Gasteiger partial charge in [-0.2, -0.15) is 12.6 Å². The summed E-state index contributed by atoms with van der Waals surface area (Å²) in [5, 5.41) is 27.2. The maximum absolute atomic E-state index is 12.8. The molecule has 0 radical (unpaired) electrons. The van der Waals surface area contributed by atoms with Crippen molar-refractivity contribution in [3.05, 3.63) is 36.0 Å². The van der Waals surface area contributed by atoms with Crippen LogP contribution >= 0.6 is 12.6 Å². The first-order chi connectivity index (χ1) is 16.6. The van der Waals surface area contributed by atoms with Crippen molar-refractivity contribution in [3.63, 3.8) is 0 Å². The number of aliphatic hydroxyl groups excluding tert-OH is 1. The van der Waals surface area contributed by atoms with Gasteiger partial charge < -0.3 is 36.9 Å². The van der Waals surface area contributed by atoms with Gasteiger partial charge in [0, 0.05) is 29.3 Å². The molecule has 35 heavy (non-hydrogen) atoms. The number of rotatable bonds is 13. The number of aromatic nitrogens is 1.